The van der Waals surface area contributed by atoms with Gasteiger partial charge in [0, 0.05) is 22.5 Å². The van der Waals surface area contributed by atoms with Gasteiger partial charge < -0.3 is 4.74 Å². The van der Waals surface area contributed by atoms with Gasteiger partial charge in [0.1, 0.15) is 12.4 Å². The van der Waals surface area contributed by atoms with Crippen LogP contribution in [0.1, 0.15) is 29.4 Å². The predicted molar refractivity (Wildman–Crippen MR) is 140 cm³/mol. The maximum Gasteiger partial charge on any atom is 0.313 e. The molecule has 3 aromatic carbocycles. The number of nitro groups is 1. The van der Waals surface area contributed by atoms with E-state index in [1.807, 2.05) is 44.2 Å². The molecule has 178 valence electrons. The second kappa shape index (κ2) is 10.4. The first kappa shape index (κ1) is 24.6. The first-order valence-corrected chi connectivity index (χ1v) is 11.9. The molecule has 0 radical (unpaired) electrons. The molecular weight excluding hydrogens is 536 g/mol. The summed E-state index contributed by atoms with van der Waals surface area (Å²) in [7, 11) is 0. The molecule has 8 nitrogen and oxygen atoms in total. The third kappa shape index (κ3) is 5.41. The minimum absolute atomic E-state index is 0.0287. The van der Waals surface area contributed by atoms with Gasteiger partial charge in [-0.1, -0.05) is 64.3 Å². The molecule has 0 spiro atoms. The molecule has 0 saturated heterocycles. The van der Waals surface area contributed by atoms with Gasteiger partial charge in [-0.2, -0.15) is 9.78 Å². The number of nitrogens with zero attached hydrogens (tertiary/aromatic N) is 4. The van der Waals surface area contributed by atoms with Gasteiger partial charge in [0.2, 0.25) is 5.75 Å². The second-order valence-corrected chi connectivity index (χ2v) is 9.11. The third-order valence-corrected chi connectivity index (χ3v) is 6.00. The van der Waals surface area contributed by atoms with Gasteiger partial charge in [-0.05, 0) is 36.8 Å². The fourth-order valence-corrected chi connectivity index (χ4v) is 4.22. The Morgan fingerprint density at radius 1 is 1.23 bits per heavy atom. The second-order valence-electron chi connectivity index (χ2n) is 7.79. The number of halogens is 2. The van der Waals surface area contributed by atoms with Crippen LogP contribution in [0.2, 0.25) is 5.02 Å². The Kier molecular flexibility index (Phi) is 7.28. The Morgan fingerprint density at radius 2 is 2.03 bits per heavy atom. The van der Waals surface area contributed by atoms with Crippen LogP contribution in [-0.4, -0.2) is 20.8 Å². The number of hydrogen-bond donors (Lipinski definition) is 0. The van der Waals surface area contributed by atoms with E-state index in [4.69, 9.17) is 16.3 Å². The van der Waals surface area contributed by atoms with Crippen molar-refractivity contribution in [3.05, 3.63) is 107 Å². The van der Waals surface area contributed by atoms with Gasteiger partial charge in [0.15, 0.2) is 0 Å². The monoisotopic (exact) mass is 554 g/mol. The fraction of sp³-hybridized carbons (Fsp3) is 0.160. The summed E-state index contributed by atoms with van der Waals surface area (Å²) in [6.07, 6.45) is 1.81. The van der Waals surface area contributed by atoms with Gasteiger partial charge in [-0.3, -0.25) is 14.9 Å². The van der Waals surface area contributed by atoms with E-state index in [1.165, 1.54) is 23.0 Å². The van der Waals surface area contributed by atoms with Crippen molar-refractivity contribution < 1.29 is 9.66 Å². The molecule has 4 rings (SSSR count). The molecule has 10 heteroatoms. The highest BCUT2D eigenvalue weighted by Gasteiger charge is 2.21. The number of fused-ring (bicyclic) bond motifs is 1. The van der Waals surface area contributed by atoms with Gasteiger partial charge >= 0.3 is 5.69 Å². The quantitative estimate of drug-likeness (QED) is 0.157. The van der Waals surface area contributed by atoms with Crippen molar-refractivity contribution >= 4 is 50.3 Å². The lowest BCUT2D eigenvalue weighted by Gasteiger charge is -2.10. The first-order valence-electron chi connectivity index (χ1n) is 10.7. The van der Waals surface area contributed by atoms with Crippen molar-refractivity contribution in [1.82, 2.24) is 9.66 Å². The average molecular weight is 556 g/mol. The Hall–Kier alpha value is -3.56. The molecule has 1 aromatic heterocycles. The van der Waals surface area contributed by atoms with Crippen LogP contribution in [0.4, 0.5) is 5.69 Å². The molecule has 0 fully saturated rings. The van der Waals surface area contributed by atoms with Crippen molar-refractivity contribution in [2.45, 2.75) is 26.9 Å². The standard InChI is InChI=1S/C25H20BrClN4O4/c1-3-23-29-21-8-7-18(26)12-19(21)25(32)30(23)28-13-17-10-20(27)24(22(11-17)31(33)34)35-14-16-6-4-5-15(2)9-16/h4-13H,3,14H2,1-2H3. The van der Waals surface area contributed by atoms with Crippen LogP contribution in [0.15, 0.2) is 69.0 Å². The van der Waals surface area contributed by atoms with Crippen molar-refractivity contribution in [2.24, 2.45) is 5.10 Å². The molecule has 0 unspecified atom stereocenters. The summed E-state index contributed by atoms with van der Waals surface area (Å²) in [4.78, 5) is 28.8. The minimum Gasteiger partial charge on any atom is -0.481 e. The Morgan fingerprint density at radius 3 is 2.74 bits per heavy atom. The Bertz CT molecular complexity index is 1530. The van der Waals surface area contributed by atoms with Gasteiger partial charge in [-0.15, -0.1) is 0 Å². The fourth-order valence-electron chi connectivity index (χ4n) is 3.58. The van der Waals surface area contributed by atoms with E-state index in [-0.39, 0.29) is 28.6 Å². The summed E-state index contributed by atoms with van der Waals surface area (Å²) in [6.45, 7) is 3.94. The molecule has 0 amide bonds. The van der Waals surface area contributed by atoms with Crippen molar-refractivity contribution in [3.8, 4) is 5.75 Å². The maximum atomic E-state index is 13.1. The SMILES string of the molecule is CCc1nc2ccc(Br)cc2c(=O)n1N=Cc1cc(Cl)c(OCc2cccc(C)c2)c([N+](=O)[O-])c1. The number of ether oxygens (including phenoxy) is 1. The maximum absolute atomic E-state index is 13.1. The highest BCUT2D eigenvalue weighted by molar-refractivity contribution is 9.10. The lowest BCUT2D eigenvalue weighted by molar-refractivity contribution is -0.385. The van der Waals surface area contributed by atoms with Crippen LogP contribution in [-0.2, 0) is 13.0 Å². The molecular formula is C25H20BrClN4O4. The third-order valence-electron chi connectivity index (χ3n) is 5.22. The van der Waals surface area contributed by atoms with Crippen LogP contribution < -0.4 is 10.3 Å². The highest BCUT2D eigenvalue weighted by atomic mass is 79.9. The predicted octanol–water partition coefficient (Wildman–Crippen LogP) is 6.05. The smallest absolute Gasteiger partial charge is 0.313 e. The molecule has 0 atom stereocenters. The van der Waals surface area contributed by atoms with Crippen LogP contribution in [0.3, 0.4) is 0 Å². The normalized spacial score (nSPS) is 11.3. The van der Waals surface area contributed by atoms with Crippen molar-refractivity contribution in [1.29, 1.82) is 0 Å². The van der Waals surface area contributed by atoms with Crippen LogP contribution in [0.5, 0.6) is 5.75 Å². The van der Waals surface area contributed by atoms with E-state index in [0.717, 1.165) is 15.6 Å². The number of rotatable bonds is 7. The molecule has 0 aliphatic rings. The zero-order valence-electron chi connectivity index (χ0n) is 18.9. The molecule has 0 bridgehead atoms. The molecule has 0 aliphatic heterocycles. The summed E-state index contributed by atoms with van der Waals surface area (Å²) in [5.74, 6) is 0.429. The Balaban J connectivity index is 1.70. The molecule has 0 N–H and O–H groups in total. The van der Waals surface area contributed by atoms with E-state index in [9.17, 15) is 14.9 Å². The highest BCUT2D eigenvalue weighted by Crippen LogP contribution is 2.36. The summed E-state index contributed by atoms with van der Waals surface area (Å²) < 4.78 is 7.65. The first-order chi connectivity index (χ1) is 16.8. The lowest BCUT2D eigenvalue weighted by Crippen LogP contribution is -2.22. The molecule has 1 heterocycles. The minimum atomic E-state index is -0.562. The molecule has 0 saturated carbocycles. The van der Waals surface area contributed by atoms with E-state index < -0.39 is 4.92 Å². The van der Waals surface area contributed by atoms with E-state index >= 15 is 0 Å². The van der Waals surface area contributed by atoms with Crippen molar-refractivity contribution in [3.63, 3.8) is 0 Å². The zero-order valence-corrected chi connectivity index (χ0v) is 21.2. The average Bonchev–Trinajstić information content (AvgIpc) is 2.82. The van der Waals surface area contributed by atoms with Crippen molar-refractivity contribution in [2.75, 3.05) is 0 Å². The number of aromatic nitrogens is 2. The topological polar surface area (TPSA) is 99.6 Å². The number of aryl methyl sites for hydroxylation is 2. The zero-order chi connectivity index (χ0) is 25.1. The number of nitro benzene ring substituents is 1. The van der Waals surface area contributed by atoms with E-state index in [0.29, 0.717) is 28.7 Å². The van der Waals surface area contributed by atoms with E-state index in [1.54, 1.807) is 12.1 Å². The number of benzene rings is 3. The van der Waals surface area contributed by atoms with Crippen LogP contribution in [0, 0.1) is 17.0 Å². The summed E-state index contributed by atoms with van der Waals surface area (Å²) in [6, 6.07) is 15.7. The number of hydrogen-bond acceptors (Lipinski definition) is 6. The molecule has 35 heavy (non-hydrogen) atoms. The summed E-state index contributed by atoms with van der Waals surface area (Å²) in [5, 5.41) is 16.5. The largest absolute Gasteiger partial charge is 0.481 e. The van der Waals surface area contributed by atoms with Gasteiger partial charge in [-0.25, -0.2) is 4.98 Å². The van der Waals surface area contributed by atoms with Gasteiger partial charge in [0.05, 0.1) is 27.1 Å². The lowest BCUT2D eigenvalue weighted by atomic mass is 10.1. The van der Waals surface area contributed by atoms with Crippen LogP contribution in [0.25, 0.3) is 10.9 Å². The summed E-state index contributed by atoms with van der Waals surface area (Å²) in [5.41, 5.74) is 2.18. The molecule has 0 aliphatic carbocycles. The summed E-state index contributed by atoms with van der Waals surface area (Å²) >= 11 is 9.73. The van der Waals surface area contributed by atoms with Gasteiger partial charge in [0.25, 0.3) is 5.56 Å². The van der Waals surface area contributed by atoms with E-state index in [2.05, 4.69) is 26.0 Å². The van der Waals surface area contributed by atoms with Crippen LogP contribution >= 0.6 is 27.5 Å². The molecule has 4 aromatic rings. The Labute approximate surface area is 214 Å².